The van der Waals surface area contributed by atoms with Crippen LogP contribution in [0.3, 0.4) is 0 Å². The molecular weight excluding hydrogens is 280 g/mol. The van der Waals surface area contributed by atoms with Gasteiger partial charge in [-0.05, 0) is 39.2 Å². The van der Waals surface area contributed by atoms with Crippen molar-refractivity contribution in [2.45, 2.75) is 59.5 Å². The number of anilines is 1. The van der Waals surface area contributed by atoms with Gasteiger partial charge in [0.25, 0.3) is 5.91 Å². The minimum atomic E-state index is -0.818. The molecule has 1 aromatic heterocycles. The molecule has 0 aliphatic heterocycles. The van der Waals surface area contributed by atoms with Crippen molar-refractivity contribution in [2.75, 3.05) is 18.5 Å². The van der Waals surface area contributed by atoms with Crippen molar-refractivity contribution in [2.24, 2.45) is 0 Å². The summed E-state index contributed by atoms with van der Waals surface area (Å²) in [4.78, 5) is 16.7. The van der Waals surface area contributed by atoms with E-state index in [4.69, 9.17) is 9.47 Å². The predicted molar refractivity (Wildman–Crippen MR) is 88.3 cm³/mol. The molecule has 1 aromatic rings. The van der Waals surface area contributed by atoms with Gasteiger partial charge in [-0.15, -0.1) is 0 Å². The molecule has 22 heavy (non-hydrogen) atoms. The first kappa shape index (κ1) is 18.4. The van der Waals surface area contributed by atoms with Crippen LogP contribution in [0, 0.1) is 6.92 Å². The highest BCUT2D eigenvalue weighted by Gasteiger charge is 2.32. The maximum absolute atomic E-state index is 12.4. The van der Waals surface area contributed by atoms with Crippen molar-refractivity contribution in [3.63, 3.8) is 0 Å². The molecular formula is C17H28N2O3. The zero-order valence-electron chi connectivity index (χ0n) is 14.4. The average molecular weight is 308 g/mol. The second kappa shape index (κ2) is 8.73. The number of carbonyl (C=O) groups is 1. The first-order valence-corrected chi connectivity index (χ1v) is 8.01. The highest BCUT2D eigenvalue weighted by Crippen LogP contribution is 2.22. The Kier molecular flexibility index (Phi) is 7.32. The fourth-order valence-electron chi connectivity index (χ4n) is 1.90. The van der Waals surface area contributed by atoms with Crippen molar-refractivity contribution in [1.29, 1.82) is 0 Å². The number of rotatable bonds is 9. The normalized spacial score (nSPS) is 13.5. The number of nitrogens with zero attached hydrogens (tertiary/aromatic N) is 1. The van der Waals surface area contributed by atoms with Crippen molar-refractivity contribution in [3.8, 4) is 5.88 Å². The summed E-state index contributed by atoms with van der Waals surface area (Å²) >= 11 is 0. The molecule has 0 aromatic carbocycles. The number of hydrogen-bond donors (Lipinski definition) is 1. The van der Waals surface area contributed by atoms with Crippen LogP contribution in [0.5, 0.6) is 5.88 Å². The topological polar surface area (TPSA) is 60.5 Å². The molecule has 0 radical (unpaired) electrons. The zero-order chi connectivity index (χ0) is 16.6. The molecule has 0 bridgehead atoms. The molecule has 0 spiro atoms. The van der Waals surface area contributed by atoms with Gasteiger partial charge in [0.15, 0.2) is 0 Å². The quantitative estimate of drug-likeness (QED) is 0.755. The van der Waals surface area contributed by atoms with Crippen LogP contribution in [0.4, 0.5) is 5.69 Å². The first-order valence-electron chi connectivity index (χ1n) is 8.01. The number of aromatic nitrogens is 1. The minimum absolute atomic E-state index is 0.146. The van der Waals surface area contributed by atoms with E-state index >= 15 is 0 Å². The summed E-state index contributed by atoms with van der Waals surface area (Å²) < 4.78 is 11.3. The second-order valence-electron chi connectivity index (χ2n) is 5.58. The van der Waals surface area contributed by atoms with E-state index in [0.29, 0.717) is 31.2 Å². The van der Waals surface area contributed by atoms with E-state index in [-0.39, 0.29) is 5.91 Å². The van der Waals surface area contributed by atoms with Crippen LogP contribution >= 0.6 is 0 Å². The van der Waals surface area contributed by atoms with E-state index in [1.54, 1.807) is 6.20 Å². The van der Waals surface area contributed by atoms with Crippen molar-refractivity contribution >= 4 is 11.6 Å². The molecule has 1 amide bonds. The van der Waals surface area contributed by atoms with Crippen LogP contribution in [0.15, 0.2) is 12.3 Å². The number of ether oxygens (including phenoxy) is 2. The molecule has 0 fully saturated rings. The number of aryl methyl sites for hydroxylation is 1. The van der Waals surface area contributed by atoms with Crippen molar-refractivity contribution in [3.05, 3.63) is 17.8 Å². The summed E-state index contributed by atoms with van der Waals surface area (Å²) in [5, 5.41) is 2.88. The molecule has 0 aliphatic carbocycles. The number of pyridine rings is 1. The highest BCUT2D eigenvalue weighted by atomic mass is 16.5. The fraction of sp³-hybridized carbons (Fsp3) is 0.647. The Morgan fingerprint density at radius 1 is 1.27 bits per heavy atom. The number of carbonyl (C=O) groups excluding carboxylic acids is 1. The molecule has 5 nitrogen and oxygen atoms in total. The third kappa shape index (κ3) is 4.98. The van der Waals surface area contributed by atoms with Gasteiger partial charge < -0.3 is 14.8 Å². The summed E-state index contributed by atoms with van der Waals surface area (Å²) in [7, 11) is 0. The summed E-state index contributed by atoms with van der Waals surface area (Å²) in [6.07, 6.45) is 4.05. The van der Waals surface area contributed by atoms with Crippen LogP contribution in [-0.4, -0.2) is 29.7 Å². The van der Waals surface area contributed by atoms with Crippen LogP contribution in [0.1, 0.15) is 52.5 Å². The molecule has 1 atom stereocenters. The van der Waals surface area contributed by atoms with Gasteiger partial charge in [0.1, 0.15) is 5.60 Å². The van der Waals surface area contributed by atoms with Gasteiger partial charge in [-0.2, -0.15) is 0 Å². The summed E-state index contributed by atoms with van der Waals surface area (Å²) in [5.41, 5.74) is 0.742. The Hall–Kier alpha value is -1.62. The van der Waals surface area contributed by atoms with Crippen LogP contribution in [-0.2, 0) is 9.53 Å². The molecule has 1 heterocycles. The van der Waals surface area contributed by atoms with Gasteiger partial charge in [0.2, 0.25) is 5.88 Å². The average Bonchev–Trinajstić information content (AvgIpc) is 2.51. The first-order chi connectivity index (χ1) is 10.5. The minimum Gasteiger partial charge on any atom is -0.477 e. The molecule has 0 saturated carbocycles. The lowest BCUT2D eigenvalue weighted by atomic mass is 10.0. The number of hydrogen-bond acceptors (Lipinski definition) is 4. The van der Waals surface area contributed by atoms with Gasteiger partial charge in [0.05, 0.1) is 18.5 Å². The van der Waals surface area contributed by atoms with Crippen LogP contribution < -0.4 is 10.1 Å². The lowest BCUT2D eigenvalue weighted by Crippen LogP contribution is -2.42. The lowest BCUT2D eigenvalue weighted by Gasteiger charge is -2.27. The molecule has 5 heteroatoms. The molecule has 1 rings (SSSR count). The Labute approximate surface area is 133 Å². The van der Waals surface area contributed by atoms with E-state index in [0.717, 1.165) is 18.4 Å². The van der Waals surface area contributed by atoms with Gasteiger partial charge >= 0.3 is 0 Å². The van der Waals surface area contributed by atoms with E-state index in [2.05, 4.69) is 10.3 Å². The molecule has 1 N–H and O–H groups in total. The Bertz CT molecular complexity index is 491. The van der Waals surface area contributed by atoms with Gasteiger partial charge in [-0.25, -0.2) is 4.98 Å². The summed E-state index contributed by atoms with van der Waals surface area (Å²) in [6.45, 7) is 11.0. The largest absolute Gasteiger partial charge is 0.477 e. The third-order valence-corrected chi connectivity index (χ3v) is 3.51. The molecule has 0 saturated heterocycles. The Morgan fingerprint density at radius 2 is 1.95 bits per heavy atom. The Morgan fingerprint density at radius 3 is 2.50 bits per heavy atom. The van der Waals surface area contributed by atoms with Gasteiger partial charge in [-0.1, -0.05) is 20.8 Å². The second-order valence-corrected chi connectivity index (χ2v) is 5.58. The van der Waals surface area contributed by atoms with Gasteiger partial charge in [0, 0.05) is 12.2 Å². The summed E-state index contributed by atoms with van der Waals surface area (Å²) in [6, 6.07) is 1.87. The molecule has 1 unspecified atom stereocenters. The number of nitrogens with one attached hydrogen (secondary N) is 1. The van der Waals surface area contributed by atoms with Crippen molar-refractivity contribution in [1.82, 2.24) is 4.98 Å². The third-order valence-electron chi connectivity index (χ3n) is 3.51. The van der Waals surface area contributed by atoms with E-state index in [1.165, 1.54) is 0 Å². The maximum Gasteiger partial charge on any atom is 0.256 e. The van der Waals surface area contributed by atoms with E-state index in [9.17, 15) is 4.79 Å². The predicted octanol–water partition coefficient (Wildman–Crippen LogP) is 3.71. The zero-order valence-corrected chi connectivity index (χ0v) is 14.4. The van der Waals surface area contributed by atoms with Crippen molar-refractivity contribution < 1.29 is 14.3 Å². The maximum atomic E-state index is 12.4. The smallest absolute Gasteiger partial charge is 0.256 e. The standard InChI is InChI=1S/C17H28N2O3/c1-6-9-21-15-13(4)11-14(12-18-15)19-16(20)17(5,8-3)22-10-7-2/h11-12H,6-10H2,1-5H3,(H,19,20). The lowest BCUT2D eigenvalue weighted by molar-refractivity contribution is -0.139. The van der Waals surface area contributed by atoms with Crippen LogP contribution in [0.25, 0.3) is 0 Å². The molecule has 0 aliphatic rings. The SMILES string of the molecule is CCCOc1ncc(NC(=O)C(C)(CC)OCCC)cc1C. The van der Waals surface area contributed by atoms with Gasteiger partial charge in [-0.3, -0.25) is 4.79 Å². The van der Waals surface area contributed by atoms with E-state index < -0.39 is 5.60 Å². The number of amides is 1. The van der Waals surface area contributed by atoms with Crippen LogP contribution in [0.2, 0.25) is 0 Å². The Balaban J connectivity index is 2.76. The molecule has 124 valence electrons. The monoisotopic (exact) mass is 308 g/mol. The summed E-state index contributed by atoms with van der Waals surface area (Å²) in [5.74, 6) is 0.465. The fourth-order valence-corrected chi connectivity index (χ4v) is 1.90. The van der Waals surface area contributed by atoms with E-state index in [1.807, 2.05) is 40.7 Å². The highest BCUT2D eigenvalue weighted by molar-refractivity contribution is 5.97.